The third-order valence-corrected chi connectivity index (χ3v) is 5.81. The minimum atomic E-state index is -0.316. The lowest BCUT2D eigenvalue weighted by atomic mass is 9.83. The van der Waals surface area contributed by atoms with Crippen molar-refractivity contribution in [3.63, 3.8) is 0 Å². The van der Waals surface area contributed by atoms with Gasteiger partial charge in [-0.3, -0.25) is 9.59 Å². The van der Waals surface area contributed by atoms with Crippen molar-refractivity contribution in [2.45, 2.75) is 0 Å². The molecule has 1 heterocycles. The summed E-state index contributed by atoms with van der Waals surface area (Å²) in [5, 5.41) is 0.295. The molecule has 0 aromatic heterocycles. The Labute approximate surface area is 159 Å². The van der Waals surface area contributed by atoms with Crippen LogP contribution in [0.4, 0.5) is 5.69 Å². The summed E-state index contributed by atoms with van der Waals surface area (Å²) in [7, 11) is 0. The zero-order valence-corrected chi connectivity index (χ0v) is 15.2. The van der Waals surface area contributed by atoms with Gasteiger partial charge in [0.1, 0.15) is 0 Å². The fraction of sp³-hybridized carbons (Fsp3) is 0.222. The molecule has 0 spiro atoms. The number of halogens is 3. The van der Waals surface area contributed by atoms with Crippen molar-refractivity contribution >= 4 is 52.1 Å². The highest BCUT2D eigenvalue weighted by molar-refractivity contribution is 6.52. The number of carbonyl (C=O) groups is 2. The third kappa shape index (κ3) is 2.48. The first kappa shape index (κ1) is 16.9. The van der Waals surface area contributed by atoms with Gasteiger partial charge in [-0.1, -0.05) is 59.1 Å². The largest absolute Gasteiger partial charge is 0.378 e. The number of benzene rings is 2. The summed E-state index contributed by atoms with van der Waals surface area (Å²) in [5.41, 5.74) is 1.49. The first-order chi connectivity index (χ1) is 12.0. The molecule has 2 aromatic carbocycles. The Bertz CT molecular complexity index is 920. The summed E-state index contributed by atoms with van der Waals surface area (Å²) in [6, 6.07) is 6.69. The van der Waals surface area contributed by atoms with Gasteiger partial charge in [0.05, 0.1) is 45.1 Å². The summed E-state index contributed by atoms with van der Waals surface area (Å²) >= 11 is 19.1. The summed E-state index contributed by atoms with van der Waals surface area (Å²) in [5.74, 6) is -0.588. The maximum Gasteiger partial charge on any atom is 0.196 e. The number of hydrogen-bond donors (Lipinski definition) is 0. The van der Waals surface area contributed by atoms with E-state index in [1.807, 2.05) is 4.90 Å². The lowest BCUT2D eigenvalue weighted by Gasteiger charge is -2.33. The second-order valence-corrected chi connectivity index (χ2v) is 6.98. The monoisotopic (exact) mass is 395 g/mol. The summed E-state index contributed by atoms with van der Waals surface area (Å²) in [6.07, 6.45) is 0. The molecule has 0 amide bonds. The Kier molecular flexibility index (Phi) is 4.24. The van der Waals surface area contributed by atoms with Crippen LogP contribution in [0.2, 0.25) is 15.1 Å². The predicted molar refractivity (Wildman–Crippen MR) is 97.8 cm³/mol. The quantitative estimate of drug-likeness (QED) is 0.577. The molecular weight excluding hydrogens is 385 g/mol. The summed E-state index contributed by atoms with van der Waals surface area (Å²) < 4.78 is 5.37. The van der Waals surface area contributed by atoms with Crippen molar-refractivity contribution < 1.29 is 14.3 Å². The average Bonchev–Trinajstić information content (AvgIpc) is 2.65. The summed E-state index contributed by atoms with van der Waals surface area (Å²) in [6.45, 7) is 2.11. The highest BCUT2D eigenvalue weighted by Gasteiger charge is 2.38. The number of nitrogens with zero attached hydrogens (tertiary/aromatic N) is 1. The number of carbonyl (C=O) groups excluding carboxylic acids is 2. The molecule has 4 rings (SSSR count). The van der Waals surface area contributed by atoms with E-state index in [1.54, 1.807) is 24.3 Å². The predicted octanol–water partition coefficient (Wildman–Crippen LogP) is 4.26. The van der Waals surface area contributed by atoms with E-state index in [0.29, 0.717) is 43.1 Å². The molecule has 0 radical (unpaired) electrons. The van der Waals surface area contributed by atoms with Gasteiger partial charge >= 0.3 is 0 Å². The van der Waals surface area contributed by atoms with Crippen molar-refractivity contribution in [2.24, 2.45) is 0 Å². The van der Waals surface area contributed by atoms with E-state index in [-0.39, 0.29) is 37.8 Å². The number of rotatable bonds is 1. The molecule has 0 N–H and O–H groups in total. The highest BCUT2D eigenvalue weighted by atomic mass is 35.5. The van der Waals surface area contributed by atoms with Crippen molar-refractivity contribution in [3.8, 4) is 0 Å². The van der Waals surface area contributed by atoms with E-state index >= 15 is 0 Å². The van der Waals surface area contributed by atoms with Gasteiger partial charge < -0.3 is 9.64 Å². The Hall–Kier alpha value is -1.59. The Morgan fingerprint density at radius 2 is 1.36 bits per heavy atom. The highest BCUT2D eigenvalue weighted by Crippen LogP contribution is 2.47. The normalized spacial score (nSPS) is 16.7. The molecule has 1 aliphatic heterocycles. The van der Waals surface area contributed by atoms with Gasteiger partial charge in [0, 0.05) is 24.2 Å². The van der Waals surface area contributed by atoms with Crippen LogP contribution in [0.3, 0.4) is 0 Å². The zero-order valence-electron chi connectivity index (χ0n) is 12.9. The van der Waals surface area contributed by atoms with Crippen LogP contribution in [0.5, 0.6) is 0 Å². The molecule has 4 nitrogen and oxygen atoms in total. The van der Waals surface area contributed by atoms with E-state index in [1.165, 1.54) is 0 Å². The third-order valence-electron chi connectivity index (χ3n) is 4.50. The van der Waals surface area contributed by atoms with Crippen molar-refractivity contribution in [2.75, 3.05) is 31.2 Å². The fourth-order valence-electron chi connectivity index (χ4n) is 3.31. The standard InChI is InChI=1S/C18H12Cl3NO3/c19-13-11-12(18(24)10-4-2-1-3-9(10)17(11)23)16(15(21)14(13)20)22-5-7-25-8-6-22/h1-4H,5-8H2. The molecule has 0 saturated carbocycles. The Morgan fingerprint density at radius 1 is 0.800 bits per heavy atom. The van der Waals surface area contributed by atoms with Crippen LogP contribution in [0, 0.1) is 0 Å². The molecular formula is C18H12Cl3NO3. The van der Waals surface area contributed by atoms with Crippen LogP contribution in [0.15, 0.2) is 24.3 Å². The van der Waals surface area contributed by atoms with Crippen LogP contribution in [-0.4, -0.2) is 37.9 Å². The SMILES string of the molecule is O=C1c2ccccc2C(=O)c2c1c(Cl)c(Cl)c(Cl)c2N1CCOCC1. The Balaban J connectivity index is 2.04. The maximum atomic E-state index is 13.2. The first-order valence-electron chi connectivity index (χ1n) is 7.74. The minimum absolute atomic E-state index is 0.0199. The minimum Gasteiger partial charge on any atom is -0.378 e. The smallest absolute Gasteiger partial charge is 0.196 e. The van der Waals surface area contributed by atoms with E-state index in [2.05, 4.69) is 0 Å². The molecule has 1 aliphatic carbocycles. The van der Waals surface area contributed by atoms with E-state index < -0.39 is 0 Å². The van der Waals surface area contributed by atoms with Crippen LogP contribution >= 0.6 is 34.8 Å². The topological polar surface area (TPSA) is 46.6 Å². The average molecular weight is 397 g/mol. The zero-order chi connectivity index (χ0) is 17.7. The van der Waals surface area contributed by atoms with Gasteiger partial charge in [-0.25, -0.2) is 0 Å². The number of hydrogen-bond acceptors (Lipinski definition) is 4. The molecule has 25 heavy (non-hydrogen) atoms. The lowest BCUT2D eigenvalue weighted by Crippen LogP contribution is -2.38. The molecule has 128 valence electrons. The number of fused-ring (bicyclic) bond motifs is 2. The van der Waals surface area contributed by atoms with Crippen molar-refractivity contribution in [3.05, 3.63) is 61.6 Å². The number of ether oxygens (including phenoxy) is 1. The van der Waals surface area contributed by atoms with Gasteiger partial charge in [-0.2, -0.15) is 0 Å². The first-order valence-corrected chi connectivity index (χ1v) is 8.87. The Morgan fingerprint density at radius 3 is 1.96 bits per heavy atom. The van der Waals surface area contributed by atoms with Gasteiger partial charge in [0.2, 0.25) is 0 Å². The second-order valence-electron chi connectivity index (χ2n) is 5.84. The van der Waals surface area contributed by atoms with Crippen LogP contribution < -0.4 is 4.90 Å². The van der Waals surface area contributed by atoms with Gasteiger partial charge in [-0.05, 0) is 0 Å². The molecule has 0 atom stereocenters. The maximum absolute atomic E-state index is 13.2. The fourth-order valence-corrected chi connectivity index (χ4v) is 4.13. The van der Waals surface area contributed by atoms with Crippen LogP contribution in [0.25, 0.3) is 0 Å². The van der Waals surface area contributed by atoms with E-state index in [9.17, 15) is 9.59 Å². The van der Waals surface area contributed by atoms with Crippen molar-refractivity contribution in [1.82, 2.24) is 0 Å². The van der Waals surface area contributed by atoms with E-state index in [0.717, 1.165) is 0 Å². The van der Waals surface area contributed by atoms with Gasteiger partial charge in [0.15, 0.2) is 11.6 Å². The molecule has 1 saturated heterocycles. The second kappa shape index (κ2) is 6.29. The molecule has 2 aliphatic rings. The lowest BCUT2D eigenvalue weighted by molar-refractivity contribution is 0.0978. The molecule has 2 aromatic rings. The number of morpholine rings is 1. The van der Waals surface area contributed by atoms with Crippen molar-refractivity contribution in [1.29, 1.82) is 0 Å². The molecule has 1 fully saturated rings. The number of anilines is 1. The van der Waals surface area contributed by atoms with Crippen LogP contribution in [0.1, 0.15) is 31.8 Å². The molecule has 7 heteroatoms. The summed E-state index contributed by atoms with van der Waals surface area (Å²) in [4.78, 5) is 28.1. The van der Waals surface area contributed by atoms with Crippen LogP contribution in [-0.2, 0) is 4.74 Å². The van der Waals surface area contributed by atoms with Gasteiger partial charge in [0.25, 0.3) is 0 Å². The molecule has 0 bridgehead atoms. The van der Waals surface area contributed by atoms with Gasteiger partial charge in [-0.15, -0.1) is 0 Å². The number of ketones is 2. The van der Waals surface area contributed by atoms with E-state index in [4.69, 9.17) is 39.5 Å². The molecule has 0 unspecified atom stereocenters.